The average molecular weight is 247 g/mol. The van der Waals surface area contributed by atoms with Crippen molar-refractivity contribution >= 4 is 0 Å². The van der Waals surface area contributed by atoms with E-state index in [9.17, 15) is 4.39 Å². The van der Waals surface area contributed by atoms with Crippen molar-refractivity contribution in [3.05, 3.63) is 47.5 Å². The summed E-state index contributed by atoms with van der Waals surface area (Å²) < 4.78 is 19.3. The Kier molecular flexibility index (Phi) is 3.82. The first kappa shape index (κ1) is 12.8. The molecule has 0 aliphatic rings. The van der Waals surface area contributed by atoms with Gasteiger partial charge in [0.2, 0.25) is 0 Å². The summed E-state index contributed by atoms with van der Waals surface area (Å²) in [5.41, 5.74) is 1.42. The third-order valence-electron chi connectivity index (χ3n) is 3.18. The largest absolute Gasteiger partial charge is 0.459 e. The van der Waals surface area contributed by atoms with E-state index in [2.05, 4.69) is 12.2 Å². The van der Waals surface area contributed by atoms with Crippen molar-refractivity contribution in [2.45, 2.75) is 26.3 Å². The van der Waals surface area contributed by atoms with Gasteiger partial charge in [0.1, 0.15) is 17.3 Å². The molecule has 1 aromatic heterocycles. The van der Waals surface area contributed by atoms with Gasteiger partial charge in [0, 0.05) is 5.56 Å². The summed E-state index contributed by atoms with van der Waals surface area (Å²) >= 11 is 0. The monoisotopic (exact) mass is 247 g/mol. The standard InChI is InChI=1S/C15H18FNO/c1-4-13(17-3)15-8-7-14(18-15)11-6-5-10(2)12(16)9-11/h5-9,13,17H,4H2,1-3H3. The number of hydrogen-bond donors (Lipinski definition) is 1. The van der Waals surface area contributed by atoms with Crippen LogP contribution in [-0.2, 0) is 0 Å². The molecule has 1 N–H and O–H groups in total. The minimum Gasteiger partial charge on any atom is -0.459 e. The maximum absolute atomic E-state index is 13.5. The van der Waals surface area contributed by atoms with Crippen LogP contribution < -0.4 is 5.32 Å². The molecule has 1 heterocycles. The Bertz CT molecular complexity index is 529. The lowest BCUT2D eigenvalue weighted by Gasteiger charge is -2.10. The van der Waals surface area contributed by atoms with Crippen molar-refractivity contribution < 1.29 is 8.81 Å². The van der Waals surface area contributed by atoms with Crippen LogP contribution in [0.5, 0.6) is 0 Å². The molecule has 1 unspecified atom stereocenters. The van der Waals surface area contributed by atoms with Crippen LogP contribution in [0, 0.1) is 12.7 Å². The van der Waals surface area contributed by atoms with E-state index in [0.717, 1.165) is 17.7 Å². The first-order chi connectivity index (χ1) is 8.65. The average Bonchev–Trinajstić information content (AvgIpc) is 2.84. The van der Waals surface area contributed by atoms with Gasteiger partial charge in [0.15, 0.2) is 0 Å². The highest BCUT2D eigenvalue weighted by atomic mass is 19.1. The van der Waals surface area contributed by atoms with E-state index < -0.39 is 0 Å². The highest BCUT2D eigenvalue weighted by molar-refractivity contribution is 5.58. The van der Waals surface area contributed by atoms with E-state index in [-0.39, 0.29) is 11.9 Å². The van der Waals surface area contributed by atoms with Gasteiger partial charge in [-0.25, -0.2) is 4.39 Å². The molecule has 0 saturated heterocycles. The molecule has 3 heteroatoms. The van der Waals surface area contributed by atoms with Gasteiger partial charge < -0.3 is 9.73 Å². The number of furan rings is 1. The predicted molar refractivity (Wildman–Crippen MR) is 70.9 cm³/mol. The van der Waals surface area contributed by atoms with E-state index in [0.29, 0.717) is 11.3 Å². The van der Waals surface area contributed by atoms with Gasteiger partial charge in [-0.2, -0.15) is 0 Å². The Morgan fingerprint density at radius 1 is 1.28 bits per heavy atom. The van der Waals surface area contributed by atoms with Crippen LogP contribution in [0.25, 0.3) is 11.3 Å². The van der Waals surface area contributed by atoms with Gasteiger partial charge >= 0.3 is 0 Å². The van der Waals surface area contributed by atoms with Crippen LogP contribution in [0.4, 0.5) is 4.39 Å². The number of benzene rings is 1. The Labute approximate surface area is 107 Å². The van der Waals surface area contributed by atoms with Gasteiger partial charge in [0.25, 0.3) is 0 Å². The predicted octanol–water partition coefficient (Wildman–Crippen LogP) is 4.06. The van der Waals surface area contributed by atoms with E-state index in [4.69, 9.17) is 4.42 Å². The molecule has 2 nitrogen and oxygen atoms in total. The SMILES string of the molecule is CCC(NC)c1ccc(-c2ccc(C)c(F)c2)o1. The quantitative estimate of drug-likeness (QED) is 0.881. The summed E-state index contributed by atoms with van der Waals surface area (Å²) in [6.07, 6.45) is 0.950. The second-order valence-corrected chi connectivity index (χ2v) is 4.42. The Morgan fingerprint density at radius 3 is 2.67 bits per heavy atom. The number of rotatable bonds is 4. The maximum atomic E-state index is 13.5. The summed E-state index contributed by atoms with van der Waals surface area (Å²) in [5.74, 6) is 1.39. The van der Waals surface area contributed by atoms with Crippen molar-refractivity contribution in [1.82, 2.24) is 5.32 Å². The minimum absolute atomic E-state index is 0.203. The molecule has 0 saturated carbocycles. The van der Waals surface area contributed by atoms with Crippen molar-refractivity contribution in [1.29, 1.82) is 0 Å². The number of nitrogens with one attached hydrogen (secondary N) is 1. The van der Waals surface area contributed by atoms with Gasteiger partial charge in [-0.3, -0.25) is 0 Å². The molecule has 0 aliphatic carbocycles. The fraction of sp³-hybridized carbons (Fsp3) is 0.333. The zero-order valence-electron chi connectivity index (χ0n) is 11.0. The second-order valence-electron chi connectivity index (χ2n) is 4.42. The summed E-state index contributed by atoms with van der Waals surface area (Å²) in [5, 5.41) is 3.19. The van der Waals surface area contributed by atoms with Crippen LogP contribution in [0.3, 0.4) is 0 Å². The molecule has 2 aromatic rings. The fourth-order valence-electron chi connectivity index (χ4n) is 1.99. The lowest BCUT2D eigenvalue weighted by atomic mass is 10.1. The van der Waals surface area contributed by atoms with E-state index in [1.165, 1.54) is 6.07 Å². The third-order valence-corrected chi connectivity index (χ3v) is 3.18. The Morgan fingerprint density at radius 2 is 2.06 bits per heavy atom. The van der Waals surface area contributed by atoms with E-state index in [1.807, 2.05) is 25.2 Å². The van der Waals surface area contributed by atoms with Crippen molar-refractivity contribution in [2.75, 3.05) is 7.05 Å². The molecule has 18 heavy (non-hydrogen) atoms. The summed E-state index contributed by atoms with van der Waals surface area (Å²) in [6.45, 7) is 3.84. The molecule has 0 bridgehead atoms. The zero-order chi connectivity index (χ0) is 13.1. The highest BCUT2D eigenvalue weighted by Gasteiger charge is 2.12. The molecule has 0 amide bonds. The molecular formula is C15H18FNO. The van der Waals surface area contributed by atoms with Gasteiger partial charge in [-0.1, -0.05) is 19.1 Å². The number of hydrogen-bond acceptors (Lipinski definition) is 2. The lowest BCUT2D eigenvalue weighted by Crippen LogP contribution is -2.14. The molecule has 0 aliphatic heterocycles. The van der Waals surface area contributed by atoms with Crippen LogP contribution in [-0.4, -0.2) is 7.05 Å². The normalized spacial score (nSPS) is 12.7. The first-order valence-electron chi connectivity index (χ1n) is 6.19. The fourth-order valence-corrected chi connectivity index (χ4v) is 1.99. The highest BCUT2D eigenvalue weighted by Crippen LogP contribution is 2.27. The van der Waals surface area contributed by atoms with Crippen LogP contribution in [0.1, 0.15) is 30.7 Å². The molecule has 0 spiro atoms. The second kappa shape index (κ2) is 5.36. The lowest BCUT2D eigenvalue weighted by molar-refractivity contribution is 0.431. The summed E-state index contributed by atoms with van der Waals surface area (Å²) in [6, 6.07) is 9.19. The minimum atomic E-state index is -0.203. The Hall–Kier alpha value is -1.61. The Balaban J connectivity index is 2.31. The van der Waals surface area contributed by atoms with Crippen molar-refractivity contribution in [3.8, 4) is 11.3 Å². The first-order valence-corrected chi connectivity index (χ1v) is 6.19. The topological polar surface area (TPSA) is 25.2 Å². The van der Waals surface area contributed by atoms with E-state index in [1.54, 1.807) is 13.0 Å². The molecule has 0 radical (unpaired) electrons. The van der Waals surface area contributed by atoms with E-state index >= 15 is 0 Å². The maximum Gasteiger partial charge on any atom is 0.134 e. The number of halogens is 1. The van der Waals surface area contributed by atoms with Crippen LogP contribution in [0.2, 0.25) is 0 Å². The molecule has 1 atom stereocenters. The smallest absolute Gasteiger partial charge is 0.134 e. The third kappa shape index (κ3) is 2.46. The molecule has 96 valence electrons. The van der Waals surface area contributed by atoms with Gasteiger partial charge in [0.05, 0.1) is 6.04 Å². The molecular weight excluding hydrogens is 229 g/mol. The molecule has 1 aromatic carbocycles. The number of aryl methyl sites for hydroxylation is 1. The molecule has 0 fully saturated rings. The summed E-state index contributed by atoms with van der Waals surface area (Å²) in [4.78, 5) is 0. The van der Waals surface area contributed by atoms with Gasteiger partial charge in [-0.15, -0.1) is 0 Å². The summed E-state index contributed by atoms with van der Waals surface area (Å²) in [7, 11) is 1.90. The molecule has 2 rings (SSSR count). The van der Waals surface area contributed by atoms with Crippen molar-refractivity contribution in [2.24, 2.45) is 0 Å². The van der Waals surface area contributed by atoms with Gasteiger partial charge in [-0.05, 0) is 44.2 Å². The van der Waals surface area contributed by atoms with Crippen LogP contribution >= 0.6 is 0 Å². The van der Waals surface area contributed by atoms with Crippen molar-refractivity contribution in [3.63, 3.8) is 0 Å². The van der Waals surface area contributed by atoms with Crippen LogP contribution in [0.15, 0.2) is 34.7 Å². The zero-order valence-corrected chi connectivity index (χ0v) is 11.0.